The molecule has 1 fully saturated rings. The summed E-state index contributed by atoms with van der Waals surface area (Å²) in [5.41, 5.74) is 0.938. The lowest BCUT2D eigenvalue weighted by atomic mass is 9.80. The molecule has 0 atom stereocenters. The lowest BCUT2D eigenvalue weighted by molar-refractivity contribution is -0.124. The summed E-state index contributed by atoms with van der Waals surface area (Å²) in [7, 11) is 3.91. The van der Waals surface area contributed by atoms with Crippen molar-refractivity contribution in [2.45, 2.75) is 18.8 Å². The largest absolute Gasteiger partial charge is 0.389 e. The Balaban J connectivity index is 2.01. The van der Waals surface area contributed by atoms with Gasteiger partial charge < -0.3 is 10.2 Å². The molecule has 0 bridgehead atoms. The van der Waals surface area contributed by atoms with E-state index in [0.717, 1.165) is 6.54 Å². The molecule has 1 aromatic carbocycles. The first-order chi connectivity index (χ1) is 10.5. The summed E-state index contributed by atoms with van der Waals surface area (Å²) in [6.45, 7) is 1.49. The van der Waals surface area contributed by atoms with Crippen LogP contribution in [0.1, 0.15) is 24.3 Å². The second-order valence-corrected chi connectivity index (χ2v) is 5.82. The zero-order valence-electron chi connectivity index (χ0n) is 12.9. The van der Waals surface area contributed by atoms with Gasteiger partial charge in [0.05, 0.1) is 5.57 Å². The van der Waals surface area contributed by atoms with Crippen molar-refractivity contribution >= 4 is 11.6 Å². The van der Waals surface area contributed by atoms with Gasteiger partial charge in [0, 0.05) is 32.1 Å². The van der Waals surface area contributed by atoms with Gasteiger partial charge in [0.15, 0.2) is 11.6 Å². The van der Waals surface area contributed by atoms with E-state index in [-0.39, 0.29) is 41.7 Å². The molecule has 1 N–H and O–H groups in total. The minimum Gasteiger partial charge on any atom is -0.389 e. The lowest BCUT2D eigenvalue weighted by Gasteiger charge is -2.22. The Bertz CT molecular complexity index is 576. The van der Waals surface area contributed by atoms with Crippen LogP contribution in [0, 0.1) is 5.82 Å². The molecule has 22 heavy (non-hydrogen) atoms. The van der Waals surface area contributed by atoms with Crippen LogP contribution in [0.25, 0.3) is 0 Å². The van der Waals surface area contributed by atoms with Gasteiger partial charge in [-0.05, 0) is 37.7 Å². The zero-order chi connectivity index (χ0) is 16.1. The maximum atomic E-state index is 13.3. The van der Waals surface area contributed by atoms with Gasteiger partial charge in [0.2, 0.25) is 0 Å². The standard InChI is InChI=1S/C17H21FN2O2/c1-20(2)7-6-19-11-15-16(21)9-13(10-17(15)22)12-4-3-5-14(18)8-12/h3-5,8,11,13,19H,6-7,9-10H2,1-2H3. The van der Waals surface area contributed by atoms with E-state index in [9.17, 15) is 14.0 Å². The number of rotatable bonds is 5. The number of allylic oxidation sites excluding steroid dienone is 1. The van der Waals surface area contributed by atoms with Crippen molar-refractivity contribution in [3.8, 4) is 0 Å². The molecule has 0 spiro atoms. The van der Waals surface area contributed by atoms with Gasteiger partial charge in [-0.2, -0.15) is 0 Å². The fourth-order valence-electron chi connectivity index (χ4n) is 2.51. The van der Waals surface area contributed by atoms with Gasteiger partial charge >= 0.3 is 0 Å². The summed E-state index contributed by atoms with van der Waals surface area (Å²) in [4.78, 5) is 26.3. The predicted octanol–water partition coefficient (Wildman–Crippen LogP) is 1.88. The molecule has 0 amide bonds. The molecule has 0 saturated heterocycles. The Labute approximate surface area is 130 Å². The third-order valence-electron chi connectivity index (χ3n) is 3.73. The van der Waals surface area contributed by atoms with Crippen molar-refractivity contribution in [1.29, 1.82) is 0 Å². The fraction of sp³-hybridized carbons (Fsp3) is 0.412. The van der Waals surface area contributed by atoms with E-state index in [1.54, 1.807) is 12.1 Å². The number of nitrogens with one attached hydrogen (secondary N) is 1. The van der Waals surface area contributed by atoms with Crippen molar-refractivity contribution in [2.24, 2.45) is 0 Å². The van der Waals surface area contributed by atoms with Crippen molar-refractivity contribution in [2.75, 3.05) is 27.2 Å². The average Bonchev–Trinajstić information content (AvgIpc) is 2.45. The summed E-state index contributed by atoms with van der Waals surface area (Å²) >= 11 is 0. The topological polar surface area (TPSA) is 49.4 Å². The Morgan fingerprint density at radius 3 is 2.55 bits per heavy atom. The Kier molecular flexibility index (Phi) is 5.44. The fourth-order valence-corrected chi connectivity index (χ4v) is 2.51. The van der Waals surface area contributed by atoms with Gasteiger partial charge in [-0.25, -0.2) is 4.39 Å². The number of hydrogen-bond acceptors (Lipinski definition) is 4. The Hall–Kier alpha value is -2.01. The highest BCUT2D eigenvalue weighted by molar-refractivity contribution is 6.22. The number of nitrogens with zero attached hydrogens (tertiary/aromatic N) is 1. The molecule has 0 unspecified atom stereocenters. The van der Waals surface area contributed by atoms with Crippen LogP contribution < -0.4 is 5.32 Å². The maximum absolute atomic E-state index is 13.3. The molecule has 1 saturated carbocycles. The Morgan fingerprint density at radius 2 is 1.95 bits per heavy atom. The summed E-state index contributed by atoms with van der Waals surface area (Å²) in [5, 5.41) is 3.01. The first-order valence-electron chi connectivity index (χ1n) is 7.37. The van der Waals surface area contributed by atoms with Crippen LogP contribution in [0.4, 0.5) is 4.39 Å². The van der Waals surface area contributed by atoms with E-state index < -0.39 is 0 Å². The molecule has 0 radical (unpaired) electrons. The molecule has 1 aliphatic rings. The number of carbonyl (C=O) groups is 2. The van der Waals surface area contributed by atoms with E-state index in [0.29, 0.717) is 12.1 Å². The highest BCUT2D eigenvalue weighted by atomic mass is 19.1. The lowest BCUT2D eigenvalue weighted by Crippen LogP contribution is -2.28. The van der Waals surface area contributed by atoms with E-state index >= 15 is 0 Å². The van der Waals surface area contributed by atoms with Crippen molar-refractivity contribution in [3.63, 3.8) is 0 Å². The van der Waals surface area contributed by atoms with E-state index in [4.69, 9.17) is 0 Å². The van der Waals surface area contributed by atoms with Crippen LogP contribution in [0.15, 0.2) is 36.0 Å². The molecule has 4 nitrogen and oxygen atoms in total. The first-order valence-corrected chi connectivity index (χ1v) is 7.37. The first kappa shape index (κ1) is 16.4. The van der Waals surface area contributed by atoms with E-state index in [2.05, 4.69) is 5.32 Å². The number of benzene rings is 1. The molecule has 0 aromatic heterocycles. The molecule has 2 rings (SSSR count). The third kappa shape index (κ3) is 4.24. The quantitative estimate of drug-likeness (QED) is 0.513. The number of carbonyl (C=O) groups excluding carboxylic acids is 2. The van der Waals surface area contributed by atoms with Crippen molar-refractivity contribution in [1.82, 2.24) is 10.2 Å². The van der Waals surface area contributed by atoms with Gasteiger partial charge in [0.25, 0.3) is 0 Å². The van der Waals surface area contributed by atoms with E-state index in [1.807, 2.05) is 19.0 Å². The summed E-state index contributed by atoms with van der Waals surface area (Å²) in [6, 6.07) is 6.12. The predicted molar refractivity (Wildman–Crippen MR) is 83.0 cm³/mol. The average molecular weight is 304 g/mol. The van der Waals surface area contributed by atoms with Gasteiger partial charge in [0.1, 0.15) is 5.82 Å². The summed E-state index contributed by atoms with van der Waals surface area (Å²) in [5.74, 6) is -0.926. The second kappa shape index (κ2) is 7.31. The maximum Gasteiger partial charge on any atom is 0.168 e. The van der Waals surface area contributed by atoms with E-state index in [1.165, 1.54) is 18.3 Å². The zero-order valence-corrected chi connectivity index (χ0v) is 12.9. The summed E-state index contributed by atoms with van der Waals surface area (Å²) < 4.78 is 13.3. The monoisotopic (exact) mass is 304 g/mol. The SMILES string of the molecule is CN(C)CCNC=C1C(=O)CC(c2cccc(F)c2)CC1=O. The Morgan fingerprint density at radius 1 is 1.27 bits per heavy atom. The van der Waals surface area contributed by atoms with Crippen LogP contribution in [-0.4, -0.2) is 43.7 Å². The third-order valence-corrected chi connectivity index (χ3v) is 3.73. The highest BCUT2D eigenvalue weighted by Crippen LogP contribution is 2.31. The van der Waals surface area contributed by atoms with Crippen LogP contribution in [-0.2, 0) is 9.59 Å². The molecule has 1 aromatic rings. The minimum atomic E-state index is -0.343. The summed E-state index contributed by atoms with van der Waals surface area (Å²) in [6.07, 6.45) is 2.02. The highest BCUT2D eigenvalue weighted by Gasteiger charge is 2.31. The number of ketones is 2. The van der Waals surface area contributed by atoms with Gasteiger partial charge in [-0.3, -0.25) is 9.59 Å². The van der Waals surface area contributed by atoms with Crippen LogP contribution in [0.2, 0.25) is 0 Å². The second-order valence-electron chi connectivity index (χ2n) is 5.82. The van der Waals surface area contributed by atoms with Crippen LogP contribution in [0.3, 0.4) is 0 Å². The number of hydrogen-bond donors (Lipinski definition) is 1. The van der Waals surface area contributed by atoms with Gasteiger partial charge in [-0.1, -0.05) is 12.1 Å². The number of Topliss-reactive ketones (excluding diaryl/α,β-unsaturated/α-hetero) is 2. The van der Waals surface area contributed by atoms with Gasteiger partial charge in [-0.15, -0.1) is 0 Å². The molecule has 1 aliphatic carbocycles. The minimum absolute atomic E-state index is 0.178. The molecular weight excluding hydrogens is 283 g/mol. The molecule has 0 heterocycles. The normalized spacial score (nSPS) is 18.7. The van der Waals surface area contributed by atoms with Crippen LogP contribution >= 0.6 is 0 Å². The molecule has 0 aliphatic heterocycles. The number of halogens is 1. The molecule has 5 heteroatoms. The van der Waals surface area contributed by atoms with Crippen LogP contribution in [0.5, 0.6) is 0 Å². The molecule has 118 valence electrons. The number of likely N-dealkylation sites (N-methyl/N-ethyl adjacent to an activating group) is 1. The smallest absolute Gasteiger partial charge is 0.168 e. The van der Waals surface area contributed by atoms with Crippen molar-refractivity contribution < 1.29 is 14.0 Å². The van der Waals surface area contributed by atoms with Crippen molar-refractivity contribution in [3.05, 3.63) is 47.4 Å². The molecular formula is C17H21FN2O2.